The molecule has 0 saturated heterocycles. The smallest absolute Gasteiger partial charge is 0.130 e. The van der Waals surface area contributed by atoms with Gasteiger partial charge < -0.3 is 5.11 Å². The Morgan fingerprint density at radius 3 is 2.12 bits per heavy atom. The number of fused-ring (bicyclic) bond motifs is 2. The SMILES string of the molecule is Oc1cccc2c1Sc1ccccc1S2.S. The maximum Gasteiger partial charge on any atom is 0.130 e. The average Bonchev–Trinajstić information content (AvgIpc) is 2.27. The summed E-state index contributed by atoms with van der Waals surface area (Å²) in [4.78, 5) is 4.59. The molecule has 0 bridgehead atoms. The van der Waals surface area contributed by atoms with Gasteiger partial charge in [0, 0.05) is 14.7 Å². The largest absolute Gasteiger partial charge is 0.507 e. The van der Waals surface area contributed by atoms with Crippen molar-refractivity contribution in [2.75, 3.05) is 0 Å². The van der Waals surface area contributed by atoms with Gasteiger partial charge in [-0.05, 0) is 24.3 Å². The first kappa shape index (κ1) is 11.8. The number of phenols is 1. The number of hydrogen-bond donors (Lipinski definition) is 1. The molecule has 0 saturated carbocycles. The average molecular weight is 266 g/mol. The van der Waals surface area contributed by atoms with Crippen LogP contribution in [0.4, 0.5) is 0 Å². The number of aromatic hydroxyl groups is 1. The van der Waals surface area contributed by atoms with Crippen molar-refractivity contribution in [3.8, 4) is 5.75 Å². The zero-order chi connectivity index (χ0) is 10.3. The van der Waals surface area contributed by atoms with Crippen molar-refractivity contribution in [1.29, 1.82) is 0 Å². The summed E-state index contributed by atoms with van der Waals surface area (Å²) in [5.74, 6) is 0.375. The Hall–Kier alpha value is -0.710. The molecule has 1 heterocycles. The number of benzene rings is 2. The molecule has 0 amide bonds. The van der Waals surface area contributed by atoms with Crippen LogP contribution in [0, 0.1) is 0 Å². The molecule has 4 heteroatoms. The van der Waals surface area contributed by atoms with Crippen LogP contribution >= 0.6 is 37.0 Å². The van der Waals surface area contributed by atoms with Crippen LogP contribution in [0.25, 0.3) is 0 Å². The van der Waals surface area contributed by atoms with E-state index < -0.39 is 0 Å². The first-order chi connectivity index (χ1) is 7.34. The zero-order valence-corrected chi connectivity index (χ0v) is 10.9. The molecule has 16 heavy (non-hydrogen) atoms. The minimum atomic E-state index is 0. The fourth-order valence-electron chi connectivity index (χ4n) is 1.53. The van der Waals surface area contributed by atoms with Crippen LogP contribution in [-0.4, -0.2) is 5.11 Å². The van der Waals surface area contributed by atoms with Gasteiger partial charge in [-0.25, -0.2) is 0 Å². The fraction of sp³-hybridized carbons (Fsp3) is 0. The quantitative estimate of drug-likeness (QED) is 0.661. The molecule has 0 fully saturated rings. The minimum Gasteiger partial charge on any atom is -0.507 e. The fourth-order valence-corrected chi connectivity index (χ4v) is 3.81. The van der Waals surface area contributed by atoms with Gasteiger partial charge in [-0.2, -0.15) is 13.5 Å². The maximum atomic E-state index is 9.75. The van der Waals surface area contributed by atoms with E-state index in [0.717, 1.165) is 9.79 Å². The Morgan fingerprint density at radius 1 is 0.750 bits per heavy atom. The van der Waals surface area contributed by atoms with E-state index in [4.69, 9.17) is 0 Å². The number of rotatable bonds is 0. The third kappa shape index (κ3) is 1.93. The highest BCUT2D eigenvalue weighted by Gasteiger charge is 2.18. The summed E-state index contributed by atoms with van der Waals surface area (Å²) in [6.07, 6.45) is 0. The highest BCUT2D eigenvalue weighted by molar-refractivity contribution is 8.05. The molecule has 0 unspecified atom stereocenters. The van der Waals surface area contributed by atoms with Crippen LogP contribution in [0.1, 0.15) is 0 Å². The summed E-state index contributed by atoms with van der Waals surface area (Å²) in [5.41, 5.74) is 0. The molecule has 82 valence electrons. The maximum absolute atomic E-state index is 9.75. The second-order valence-electron chi connectivity index (χ2n) is 3.26. The summed E-state index contributed by atoms with van der Waals surface area (Å²) in [5, 5.41) is 9.75. The van der Waals surface area contributed by atoms with Gasteiger partial charge in [0.25, 0.3) is 0 Å². The summed E-state index contributed by atoms with van der Waals surface area (Å²) in [6, 6.07) is 13.9. The normalized spacial score (nSPS) is 12.2. The first-order valence-corrected chi connectivity index (χ1v) is 6.24. The van der Waals surface area contributed by atoms with Crippen LogP contribution in [0.15, 0.2) is 62.0 Å². The lowest BCUT2D eigenvalue weighted by molar-refractivity contribution is 0.459. The summed E-state index contributed by atoms with van der Waals surface area (Å²) >= 11 is 3.35. The Labute approximate surface area is 110 Å². The Balaban J connectivity index is 0.000000963. The van der Waals surface area contributed by atoms with Gasteiger partial charge in [-0.15, -0.1) is 0 Å². The highest BCUT2D eigenvalue weighted by atomic mass is 32.2. The molecule has 0 radical (unpaired) electrons. The van der Waals surface area contributed by atoms with E-state index in [1.54, 1.807) is 29.6 Å². The molecule has 0 atom stereocenters. The van der Waals surface area contributed by atoms with Crippen molar-refractivity contribution in [2.24, 2.45) is 0 Å². The third-order valence-electron chi connectivity index (χ3n) is 2.24. The lowest BCUT2D eigenvalue weighted by Gasteiger charge is -2.18. The lowest BCUT2D eigenvalue weighted by Crippen LogP contribution is -1.88. The second-order valence-corrected chi connectivity index (χ2v) is 5.39. The lowest BCUT2D eigenvalue weighted by atomic mass is 10.3. The van der Waals surface area contributed by atoms with Crippen molar-refractivity contribution >= 4 is 37.0 Å². The highest BCUT2D eigenvalue weighted by Crippen LogP contribution is 2.51. The topological polar surface area (TPSA) is 20.2 Å². The molecule has 1 aliphatic rings. The van der Waals surface area contributed by atoms with Gasteiger partial charge in [0.2, 0.25) is 0 Å². The third-order valence-corrected chi connectivity index (χ3v) is 4.84. The Morgan fingerprint density at radius 2 is 1.38 bits per heavy atom. The molecule has 1 aliphatic heterocycles. The van der Waals surface area contributed by atoms with E-state index in [2.05, 4.69) is 12.1 Å². The van der Waals surface area contributed by atoms with Crippen LogP contribution in [-0.2, 0) is 0 Å². The summed E-state index contributed by atoms with van der Waals surface area (Å²) < 4.78 is 0. The van der Waals surface area contributed by atoms with Crippen molar-refractivity contribution in [3.63, 3.8) is 0 Å². The van der Waals surface area contributed by atoms with Crippen molar-refractivity contribution in [1.82, 2.24) is 0 Å². The van der Waals surface area contributed by atoms with Crippen LogP contribution in [0.5, 0.6) is 5.75 Å². The molecule has 0 spiro atoms. The second kappa shape index (κ2) is 4.65. The summed E-state index contributed by atoms with van der Waals surface area (Å²) in [7, 11) is 0. The number of phenolic OH excluding ortho intramolecular Hbond substituents is 1. The van der Waals surface area contributed by atoms with E-state index in [9.17, 15) is 5.11 Å². The molecular formula is C12H10OS3. The molecular weight excluding hydrogens is 256 g/mol. The predicted molar refractivity (Wildman–Crippen MR) is 73.2 cm³/mol. The molecule has 1 N–H and O–H groups in total. The molecule has 0 aliphatic carbocycles. The van der Waals surface area contributed by atoms with Crippen LogP contribution in [0.3, 0.4) is 0 Å². The van der Waals surface area contributed by atoms with Crippen molar-refractivity contribution < 1.29 is 5.11 Å². The van der Waals surface area contributed by atoms with Crippen molar-refractivity contribution in [3.05, 3.63) is 42.5 Å². The van der Waals surface area contributed by atoms with Gasteiger partial charge in [-0.3, -0.25) is 0 Å². The van der Waals surface area contributed by atoms with E-state index in [-0.39, 0.29) is 13.5 Å². The van der Waals surface area contributed by atoms with Gasteiger partial charge in [-0.1, -0.05) is 41.7 Å². The summed E-state index contributed by atoms with van der Waals surface area (Å²) in [6.45, 7) is 0. The molecule has 3 rings (SSSR count). The van der Waals surface area contributed by atoms with E-state index in [1.165, 1.54) is 9.79 Å². The Bertz CT molecular complexity index is 525. The molecule has 2 aromatic rings. The van der Waals surface area contributed by atoms with Crippen LogP contribution in [0.2, 0.25) is 0 Å². The van der Waals surface area contributed by atoms with Gasteiger partial charge in [0.15, 0.2) is 0 Å². The monoisotopic (exact) mass is 266 g/mol. The van der Waals surface area contributed by atoms with Crippen LogP contribution < -0.4 is 0 Å². The van der Waals surface area contributed by atoms with Crippen molar-refractivity contribution in [2.45, 2.75) is 19.6 Å². The Kier molecular flexibility index (Phi) is 3.42. The van der Waals surface area contributed by atoms with E-state index >= 15 is 0 Å². The van der Waals surface area contributed by atoms with E-state index in [1.807, 2.05) is 24.3 Å². The molecule has 2 aromatic carbocycles. The molecule has 0 aromatic heterocycles. The standard InChI is InChI=1S/C12H8OS2.H2S/c13-8-4-3-7-11-12(8)15-10-6-2-1-5-9(10)14-11;/h1-7,13H;1H2. The van der Waals surface area contributed by atoms with E-state index in [0.29, 0.717) is 5.75 Å². The van der Waals surface area contributed by atoms with Gasteiger partial charge in [0.1, 0.15) is 5.75 Å². The zero-order valence-electron chi connectivity index (χ0n) is 8.31. The van der Waals surface area contributed by atoms with Gasteiger partial charge >= 0.3 is 0 Å². The minimum absolute atomic E-state index is 0. The predicted octanol–water partition coefficient (Wildman–Crippen LogP) is 4.12. The molecule has 1 nitrogen and oxygen atoms in total. The number of hydrogen-bond acceptors (Lipinski definition) is 3. The first-order valence-electron chi connectivity index (χ1n) is 4.61. The van der Waals surface area contributed by atoms with Gasteiger partial charge in [0.05, 0.1) is 4.90 Å².